The summed E-state index contributed by atoms with van der Waals surface area (Å²) in [6.45, 7) is 3.93. The molecular weight excluding hydrogens is 473 g/mol. The van der Waals surface area contributed by atoms with Gasteiger partial charge in [-0.05, 0) is 74.0 Å². The van der Waals surface area contributed by atoms with Gasteiger partial charge in [0.15, 0.2) is 0 Å². The van der Waals surface area contributed by atoms with Gasteiger partial charge in [-0.25, -0.2) is 0 Å². The van der Waals surface area contributed by atoms with Crippen LogP contribution in [0.1, 0.15) is 24.0 Å². The Labute approximate surface area is 197 Å². The largest absolute Gasteiger partial charge is 0.755 e. The number of fused-ring (bicyclic) bond motifs is 1. The van der Waals surface area contributed by atoms with Gasteiger partial charge >= 0.3 is 6.36 Å². The first-order valence-electron chi connectivity index (χ1n) is 10.6. The number of rotatable bonds is 8. The van der Waals surface area contributed by atoms with Crippen LogP contribution in [0.2, 0.25) is 0 Å². The number of hydrogen-bond acceptors (Lipinski definition) is 5. The van der Waals surface area contributed by atoms with Crippen molar-refractivity contribution in [3.8, 4) is 5.75 Å². The summed E-state index contributed by atoms with van der Waals surface area (Å²) in [5.41, 5.74) is 1.75. The highest BCUT2D eigenvalue weighted by Crippen LogP contribution is 2.38. The number of anilines is 1. The highest BCUT2D eigenvalue weighted by atomic mass is 32.2. The fraction of sp³-hybridized carbons (Fsp3) is 0.391. The third-order valence-electron chi connectivity index (χ3n) is 5.89. The molecule has 0 N–H and O–H groups in total. The van der Waals surface area contributed by atoms with Crippen LogP contribution in [0.4, 0.5) is 18.2 Å². The minimum atomic E-state index is -4.74. The van der Waals surface area contributed by atoms with Gasteiger partial charge in [0.25, 0.3) is 0 Å². The molecule has 0 amide bonds. The summed E-state index contributed by atoms with van der Waals surface area (Å²) in [6, 6.07) is 13.5. The first-order chi connectivity index (χ1) is 15.7. The third-order valence-corrected chi connectivity index (χ3v) is 7.99. The molecule has 1 aliphatic rings. The van der Waals surface area contributed by atoms with E-state index in [-0.39, 0.29) is 18.3 Å². The number of alkyl halides is 3. The van der Waals surface area contributed by atoms with E-state index < -0.39 is 17.6 Å². The second-order valence-electron chi connectivity index (χ2n) is 8.10. The minimum Gasteiger partial charge on any atom is -0.755 e. The van der Waals surface area contributed by atoms with Crippen molar-refractivity contribution < 1.29 is 26.7 Å². The second-order valence-corrected chi connectivity index (χ2v) is 10.0. The fourth-order valence-electron chi connectivity index (χ4n) is 4.32. The Hall–Kier alpha value is -2.14. The Bertz CT molecular complexity index is 1110. The normalized spacial score (nSPS) is 16.8. The smallest absolute Gasteiger partial charge is 0.573 e. The molecule has 0 radical (unpaired) electrons. The SMILES string of the molecule is Cc1c(N(CC(Cc2ccc(OC(F)(F)F)cc2)N2CCCC2)S(=O)[O-])sc2ccccc12. The van der Waals surface area contributed by atoms with Crippen molar-refractivity contribution in [1.29, 1.82) is 0 Å². The molecule has 0 saturated carbocycles. The van der Waals surface area contributed by atoms with Crippen LogP contribution in [-0.2, 0) is 17.7 Å². The van der Waals surface area contributed by atoms with Gasteiger partial charge in [0.05, 0.1) is 0 Å². The van der Waals surface area contributed by atoms with E-state index >= 15 is 0 Å². The van der Waals surface area contributed by atoms with Crippen LogP contribution in [0.5, 0.6) is 5.75 Å². The molecule has 33 heavy (non-hydrogen) atoms. The predicted octanol–water partition coefficient (Wildman–Crippen LogP) is 5.42. The van der Waals surface area contributed by atoms with Gasteiger partial charge in [0.1, 0.15) is 10.8 Å². The molecule has 0 aliphatic carbocycles. The van der Waals surface area contributed by atoms with E-state index in [4.69, 9.17) is 0 Å². The zero-order valence-corrected chi connectivity index (χ0v) is 19.6. The quantitative estimate of drug-likeness (QED) is 0.390. The Morgan fingerprint density at radius 3 is 2.42 bits per heavy atom. The van der Waals surface area contributed by atoms with Gasteiger partial charge in [-0.1, -0.05) is 30.3 Å². The lowest BCUT2D eigenvalue weighted by Crippen LogP contribution is -2.44. The monoisotopic (exact) mass is 497 g/mol. The van der Waals surface area contributed by atoms with Crippen molar-refractivity contribution in [2.75, 3.05) is 23.9 Å². The van der Waals surface area contributed by atoms with Gasteiger partial charge in [-0.2, -0.15) is 0 Å². The summed E-state index contributed by atoms with van der Waals surface area (Å²) in [5, 5.41) is 1.73. The van der Waals surface area contributed by atoms with E-state index in [9.17, 15) is 21.9 Å². The zero-order chi connectivity index (χ0) is 23.6. The summed E-state index contributed by atoms with van der Waals surface area (Å²) < 4.78 is 68.4. The average molecular weight is 498 g/mol. The maximum atomic E-state index is 12.5. The van der Waals surface area contributed by atoms with Crippen LogP contribution in [0.25, 0.3) is 10.1 Å². The number of likely N-dealkylation sites (tertiary alicyclic amines) is 1. The van der Waals surface area contributed by atoms with Crippen molar-refractivity contribution in [2.45, 2.75) is 38.6 Å². The lowest BCUT2D eigenvalue weighted by Gasteiger charge is -2.34. The maximum Gasteiger partial charge on any atom is 0.573 e. The van der Waals surface area contributed by atoms with E-state index in [0.29, 0.717) is 11.4 Å². The molecule has 1 aliphatic heterocycles. The van der Waals surface area contributed by atoms with Crippen molar-refractivity contribution in [2.24, 2.45) is 0 Å². The number of halogens is 3. The lowest BCUT2D eigenvalue weighted by molar-refractivity contribution is -0.274. The zero-order valence-electron chi connectivity index (χ0n) is 18.0. The van der Waals surface area contributed by atoms with Crippen LogP contribution in [0, 0.1) is 6.92 Å². The first-order valence-corrected chi connectivity index (χ1v) is 12.5. The topological polar surface area (TPSA) is 55.8 Å². The molecule has 2 unspecified atom stereocenters. The lowest BCUT2D eigenvalue weighted by atomic mass is 10.0. The molecule has 3 aromatic rings. The Balaban J connectivity index is 1.58. The summed E-state index contributed by atoms with van der Waals surface area (Å²) in [7, 11) is 0. The summed E-state index contributed by atoms with van der Waals surface area (Å²) in [6.07, 6.45) is -2.14. The summed E-state index contributed by atoms with van der Waals surface area (Å²) >= 11 is -1.01. The molecule has 2 atom stereocenters. The molecule has 10 heteroatoms. The standard InChI is InChI=1S/C23H25F3N2O3S2/c1-16-20-6-2-3-7-21(20)32-22(16)28(33(29)30)15-18(27-12-4-5-13-27)14-17-8-10-19(11-9-17)31-23(24,25)26/h2-3,6-11,18H,4-5,12-15H2,1H3,(H,29,30)/p-1. The molecule has 2 heterocycles. The van der Waals surface area contributed by atoms with Crippen LogP contribution in [0.15, 0.2) is 48.5 Å². The van der Waals surface area contributed by atoms with Crippen molar-refractivity contribution in [1.82, 2.24) is 4.90 Å². The first kappa shape index (κ1) is 24.0. The fourth-order valence-corrected chi connectivity index (χ4v) is 6.30. The van der Waals surface area contributed by atoms with Crippen LogP contribution in [0.3, 0.4) is 0 Å². The summed E-state index contributed by atoms with van der Waals surface area (Å²) in [5.74, 6) is -0.271. The number of hydrogen-bond donors (Lipinski definition) is 0. The number of benzene rings is 2. The van der Waals surface area contributed by atoms with E-state index in [1.165, 1.54) is 27.8 Å². The van der Waals surface area contributed by atoms with Gasteiger partial charge in [-0.3, -0.25) is 13.4 Å². The van der Waals surface area contributed by atoms with Gasteiger partial charge in [-0.15, -0.1) is 24.5 Å². The summed E-state index contributed by atoms with van der Waals surface area (Å²) in [4.78, 5) is 2.27. The molecule has 2 aromatic carbocycles. The van der Waals surface area contributed by atoms with Crippen LogP contribution < -0.4 is 9.04 Å². The third kappa shape index (κ3) is 5.87. The molecule has 178 valence electrons. The van der Waals surface area contributed by atoms with E-state index in [2.05, 4.69) is 9.64 Å². The molecule has 1 aromatic heterocycles. The van der Waals surface area contributed by atoms with Crippen molar-refractivity contribution >= 4 is 37.7 Å². The van der Waals surface area contributed by atoms with Crippen molar-refractivity contribution in [3.63, 3.8) is 0 Å². The van der Waals surface area contributed by atoms with E-state index in [1.54, 1.807) is 12.1 Å². The van der Waals surface area contributed by atoms with Gasteiger partial charge < -0.3 is 9.29 Å². The number of ether oxygens (including phenoxy) is 1. The van der Waals surface area contributed by atoms with Gasteiger partial charge in [0.2, 0.25) is 0 Å². The van der Waals surface area contributed by atoms with E-state index in [1.807, 2.05) is 31.2 Å². The molecular formula is C23H24F3N2O3S2-. The second kappa shape index (κ2) is 10.0. The number of nitrogens with zero attached hydrogens (tertiary/aromatic N) is 2. The molecule has 1 saturated heterocycles. The van der Waals surface area contributed by atoms with Crippen molar-refractivity contribution in [3.05, 3.63) is 59.7 Å². The van der Waals surface area contributed by atoms with E-state index in [0.717, 1.165) is 47.1 Å². The Morgan fingerprint density at radius 1 is 1.15 bits per heavy atom. The molecule has 0 spiro atoms. The van der Waals surface area contributed by atoms with Crippen LogP contribution >= 0.6 is 11.3 Å². The van der Waals surface area contributed by atoms with Gasteiger partial charge in [0, 0.05) is 28.6 Å². The highest BCUT2D eigenvalue weighted by molar-refractivity contribution is 7.81. The molecule has 1 fully saturated rings. The predicted molar refractivity (Wildman–Crippen MR) is 124 cm³/mol. The maximum absolute atomic E-state index is 12.5. The Kier molecular flexibility index (Phi) is 7.28. The number of thiophene rings is 1. The minimum absolute atomic E-state index is 0.107. The Morgan fingerprint density at radius 2 is 1.82 bits per heavy atom. The molecule has 0 bridgehead atoms. The highest BCUT2D eigenvalue weighted by Gasteiger charge is 2.31. The van der Waals surface area contributed by atoms with Crippen LogP contribution in [-0.4, -0.2) is 45.7 Å². The average Bonchev–Trinajstić information content (AvgIpc) is 3.40. The molecule has 5 nitrogen and oxygen atoms in total. The molecule has 4 rings (SSSR count). The number of aryl methyl sites for hydroxylation is 1.